The molecule has 2 heterocycles. The van der Waals surface area contributed by atoms with Gasteiger partial charge in [-0.05, 0) is 25.5 Å². The summed E-state index contributed by atoms with van der Waals surface area (Å²) in [4.78, 5) is 37.6. The minimum Gasteiger partial charge on any atom is -0.478 e. The van der Waals surface area contributed by atoms with E-state index in [4.69, 9.17) is 9.52 Å². The van der Waals surface area contributed by atoms with Crippen LogP contribution >= 0.6 is 0 Å². The van der Waals surface area contributed by atoms with Gasteiger partial charge in [-0.3, -0.25) is 9.59 Å². The van der Waals surface area contributed by atoms with Gasteiger partial charge in [0.05, 0.1) is 18.5 Å². The molecular weight excluding hydrogens is 348 g/mol. The number of likely N-dealkylation sites (tertiary alicyclic amines) is 1. The SMILES string of the molecule is Cc1oc(CNC(=O)C2CC(=O)N(C(C)c3ccccc3)C2)cc1C(=O)O. The van der Waals surface area contributed by atoms with Gasteiger partial charge in [0.25, 0.3) is 0 Å². The molecule has 2 atom stereocenters. The Bertz CT molecular complexity index is 859. The van der Waals surface area contributed by atoms with Crippen molar-refractivity contribution in [3.63, 3.8) is 0 Å². The number of nitrogens with zero attached hydrogens (tertiary/aromatic N) is 1. The summed E-state index contributed by atoms with van der Waals surface area (Å²) >= 11 is 0. The van der Waals surface area contributed by atoms with E-state index in [1.807, 2.05) is 37.3 Å². The summed E-state index contributed by atoms with van der Waals surface area (Å²) in [7, 11) is 0. The second kappa shape index (κ2) is 7.65. The summed E-state index contributed by atoms with van der Waals surface area (Å²) in [5, 5.41) is 11.8. The van der Waals surface area contributed by atoms with Gasteiger partial charge in [0.15, 0.2) is 0 Å². The monoisotopic (exact) mass is 370 g/mol. The average molecular weight is 370 g/mol. The molecule has 1 fully saturated rings. The first-order chi connectivity index (χ1) is 12.9. The van der Waals surface area contributed by atoms with Gasteiger partial charge < -0.3 is 19.7 Å². The lowest BCUT2D eigenvalue weighted by Crippen LogP contribution is -2.33. The molecule has 0 aliphatic carbocycles. The Balaban J connectivity index is 1.59. The lowest BCUT2D eigenvalue weighted by Gasteiger charge is -2.25. The van der Waals surface area contributed by atoms with E-state index in [-0.39, 0.29) is 36.4 Å². The molecule has 2 amide bonds. The highest BCUT2D eigenvalue weighted by Gasteiger charge is 2.36. The van der Waals surface area contributed by atoms with Crippen molar-refractivity contribution in [1.82, 2.24) is 10.2 Å². The number of aryl methyl sites for hydroxylation is 1. The molecule has 142 valence electrons. The van der Waals surface area contributed by atoms with E-state index >= 15 is 0 Å². The molecule has 0 saturated carbocycles. The van der Waals surface area contributed by atoms with E-state index < -0.39 is 11.9 Å². The summed E-state index contributed by atoms with van der Waals surface area (Å²) < 4.78 is 5.35. The van der Waals surface area contributed by atoms with Crippen LogP contribution in [0.3, 0.4) is 0 Å². The second-order valence-corrected chi connectivity index (χ2v) is 6.74. The molecule has 2 unspecified atom stereocenters. The minimum atomic E-state index is -1.07. The first kappa shape index (κ1) is 18.7. The van der Waals surface area contributed by atoms with Gasteiger partial charge in [0, 0.05) is 13.0 Å². The van der Waals surface area contributed by atoms with Crippen molar-refractivity contribution in [3.05, 3.63) is 59.0 Å². The number of furan rings is 1. The maximum Gasteiger partial charge on any atom is 0.339 e. The van der Waals surface area contributed by atoms with Crippen molar-refractivity contribution in [3.8, 4) is 0 Å². The molecule has 3 rings (SSSR count). The number of carbonyl (C=O) groups is 3. The molecule has 0 spiro atoms. The third-order valence-corrected chi connectivity index (χ3v) is 4.91. The van der Waals surface area contributed by atoms with Crippen molar-refractivity contribution in [2.24, 2.45) is 5.92 Å². The number of hydrogen-bond donors (Lipinski definition) is 2. The predicted octanol–water partition coefficient (Wildman–Crippen LogP) is 2.51. The highest BCUT2D eigenvalue weighted by atomic mass is 16.4. The number of carboxylic acid groups (broad SMARTS) is 1. The van der Waals surface area contributed by atoms with Crippen LogP contribution in [0.5, 0.6) is 0 Å². The molecule has 27 heavy (non-hydrogen) atoms. The molecule has 1 aliphatic rings. The zero-order valence-electron chi connectivity index (χ0n) is 15.3. The number of carboxylic acids is 1. The normalized spacial score (nSPS) is 17.8. The maximum absolute atomic E-state index is 12.4. The topological polar surface area (TPSA) is 99.9 Å². The van der Waals surface area contributed by atoms with Gasteiger partial charge in [-0.1, -0.05) is 30.3 Å². The van der Waals surface area contributed by atoms with Crippen LogP contribution in [0.2, 0.25) is 0 Å². The van der Waals surface area contributed by atoms with E-state index in [1.54, 1.807) is 11.8 Å². The number of carbonyl (C=O) groups excluding carboxylic acids is 2. The van der Waals surface area contributed by atoms with Crippen LogP contribution in [-0.4, -0.2) is 34.3 Å². The first-order valence-electron chi connectivity index (χ1n) is 8.81. The number of nitrogens with one attached hydrogen (secondary N) is 1. The van der Waals surface area contributed by atoms with Crippen LogP contribution in [0.25, 0.3) is 0 Å². The Morgan fingerprint density at radius 2 is 2.04 bits per heavy atom. The number of amides is 2. The van der Waals surface area contributed by atoms with E-state index in [0.717, 1.165) is 5.56 Å². The van der Waals surface area contributed by atoms with Crippen molar-refractivity contribution in [2.75, 3.05) is 6.54 Å². The van der Waals surface area contributed by atoms with Crippen molar-refractivity contribution in [1.29, 1.82) is 0 Å². The molecule has 1 aromatic heterocycles. The van der Waals surface area contributed by atoms with Gasteiger partial charge >= 0.3 is 5.97 Å². The fraction of sp³-hybridized carbons (Fsp3) is 0.350. The van der Waals surface area contributed by atoms with Gasteiger partial charge in [-0.2, -0.15) is 0 Å². The fourth-order valence-corrected chi connectivity index (χ4v) is 3.35. The van der Waals surface area contributed by atoms with Crippen molar-refractivity contribution in [2.45, 2.75) is 32.9 Å². The Morgan fingerprint density at radius 1 is 1.33 bits per heavy atom. The minimum absolute atomic E-state index is 0.0477. The van der Waals surface area contributed by atoms with Crippen LogP contribution in [0.15, 0.2) is 40.8 Å². The smallest absolute Gasteiger partial charge is 0.339 e. The van der Waals surface area contributed by atoms with Crippen molar-refractivity contribution >= 4 is 17.8 Å². The Hall–Kier alpha value is -3.09. The third-order valence-electron chi connectivity index (χ3n) is 4.91. The Labute approximate surface area is 157 Å². The number of rotatable bonds is 6. The summed E-state index contributed by atoms with van der Waals surface area (Å²) in [5.41, 5.74) is 1.11. The average Bonchev–Trinajstić information content (AvgIpc) is 3.22. The van der Waals surface area contributed by atoms with Crippen molar-refractivity contribution < 1.29 is 23.9 Å². The van der Waals surface area contributed by atoms with E-state index in [9.17, 15) is 14.4 Å². The summed E-state index contributed by atoms with van der Waals surface area (Å²) in [5.74, 6) is -1.12. The summed E-state index contributed by atoms with van der Waals surface area (Å²) in [6, 6.07) is 11.0. The summed E-state index contributed by atoms with van der Waals surface area (Å²) in [6.07, 6.45) is 0.167. The number of benzene rings is 1. The van der Waals surface area contributed by atoms with Crippen LogP contribution in [0.4, 0.5) is 0 Å². The molecule has 7 heteroatoms. The highest BCUT2D eigenvalue weighted by molar-refractivity contribution is 5.90. The van der Waals surface area contributed by atoms with Crippen LogP contribution in [0, 0.1) is 12.8 Å². The van der Waals surface area contributed by atoms with Crippen LogP contribution in [0.1, 0.15) is 46.8 Å². The van der Waals surface area contributed by atoms with Crippen LogP contribution < -0.4 is 5.32 Å². The van der Waals surface area contributed by atoms with Gasteiger partial charge in [-0.25, -0.2) is 4.79 Å². The van der Waals surface area contributed by atoms with Crippen LogP contribution in [-0.2, 0) is 16.1 Å². The fourth-order valence-electron chi connectivity index (χ4n) is 3.35. The quantitative estimate of drug-likeness (QED) is 0.814. The van der Waals surface area contributed by atoms with E-state index in [1.165, 1.54) is 6.07 Å². The molecule has 7 nitrogen and oxygen atoms in total. The van der Waals surface area contributed by atoms with Gasteiger partial charge in [0.2, 0.25) is 11.8 Å². The third kappa shape index (κ3) is 4.02. The molecular formula is C20H22N2O5. The van der Waals surface area contributed by atoms with Gasteiger partial charge in [-0.15, -0.1) is 0 Å². The Kier molecular flexibility index (Phi) is 5.30. The molecule has 0 bridgehead atoms. The predicted molar refractivity (Wildman–Crippen MR) is 96.9 cm³/mol. The highest BCUT2D eigenvalue weighted by Crippen LogP contribution is 2.28. The zero-order valence-corrected chi connectivity index (χ0v) is 15.3. The first-order valence-corrected chi connectivity index (χ1v) is 8.81. The molecule has 1 aromatic carbocycles. The molecule has 1 aliphatic heterocycles. The lowest BCUT2D eigenvalue weighted by molar-refractivity contribution is -0.130. The number of hydrogen-bond acceptors (Lipinski definition) is 4. The molecule has 0 radical (unpaired) electrons. The zero-order chi connectivity index (χ0) is 19.6. The van der Waals surface area contributed by atoms with E-state index in [2.05, 4.69) is 5.32 Å². The second-order valence-electron chi connectivity index (χ2n) is 6.74. The molecule has 2 N–H and O–H groups in total. The maximum atomic E-state index is 12.4. The lowest BCUT2D eigenvalue weighted by atomic mass is 10.1. The van der Waals surface area contributed by atoms with E-state index in [0.29, 0.717) is 18.1 Å². The molecule has 2 aromatic rings. The Morgan fingerprint density at radius 3 is 2.67 bits per heavy atom. The standard InChI is InChI=1S/C20H22N2O5/c1-12(14-6-4-3-5-7-14)22-11-15(8-18(22)23)19(24)21-10-16-9-17(20(25)26)13(2)27-16/h3-7,9,12,15H,8,10-11H2,1-2H3,(H,21,24)(H,25,26). The van der Waals surface area contributed by atoms with Gasteiger partial charge in [0.1, 0.15) is 17.1 Å². The largest absolute Gasteiger partial charge is 0.478 e. The molecule has 1 saturated heterocycles. The number of aromatic carboxylic acids is 1. The summed E-state index contributed by atoms with van der Waals surface area (Å²) in [6.45, 7) is 3.96.